The lowest BCUT2D eigenvalue weighted by molar-refractivity contribution is -0.121. The smallest absolute Gasteiger partial charge is 0.114 e. The fourth-order valence-electron chi connectivity index (χ4n) is 5.64. The van der Waals surface area contributed by atoms with Gasteiger partial charge in [0.2, 0.25) is 0 Å². The van der Waals surface area contributed by atoms with Crippen molar-refractivity contribution in [1.29, 1.82) is 0 Å². The van der Waals surface area contributed by atoms with Crippen LogP contribution in [-0.4, -0.2) is 57.1 Å². The monoisotopic (exact) mass is 340 g/mol. The van der Waals surface area contributed by atoms with Crippen molar-refractivity contribution in [3.05, 3.63) is 11.6 Å². The second-order valence-electron chi connectivity index (χ2n) is 8.55. The largest absolute Gasteiger partial charge is 0.396 e. The third kappa shape index (κ3) is 2.74. The van der Waals surface area contributed by atoms with Crippen LogP contribution in [0.5, 0.6) is 0 Å². The summed E-state index contributed by atoms with van der Waals surface area (Å²) in [6.45, 7) is 1.21. The Labute approximate surface area is 144 Å². The van der Waals surface area contributed by atoms with Gasteiger partial charge in [-0.15, -0.1) is 0 Å². The highest BCUT2D eigenvalue weighted by atomic mass is 16.4. The molecule has 6 atom stereocenters. The molecular weight excluding hydrogens is 308 g/mol. The second kappa shape index (κ2) is 6.69. The van der Waals surface area contributed by atoms with Gasteiger partial charge in [-0.3, -0.25) is 0 Å². The number of aliphatic hydroxyl groups excluding tert-OH is 4. The Bertz CT molecular complexity index is 486. The lowest BCUT2D eigenvalue weighted by atomic mass is 9.52. The lowest BCUT2D eigenvalue weighted by Crippen LogP contribution is -2.53. The molecular formula is C19H32O5. The Morgan fingerprint density at radius 1 is 1.12 bits per heavy atom. The van der Waals surface area contributed by atoms with E-state index >= 15 is 0 Å². The van der Waals surface area contributed by atoms with Gasteiger partial charge in [0.05, 0.1) is 25.9 Å². The van der Waals surface area contributed by atoms with Crippen LogP contribution in [-0.2, 0) is 0 Å². The first-order chi connectivity index (χ1) is 11.4. The van der Waals surface area contributed by atoms with E-state index in [0.717, 1.165) is 38.5 Å². The number of allylic oxidation sites excluding steroid dienone is 2. The van der Waals surface area contributed by atoms with Crippen molar-refractivity contribution in [2.24, 2.45) is 29.1 Å². The van der Waals surface area contributed by atoms with Crippen molar-refractivity contribution >= 4 is 0 Å². The van der Waals surface area contributed by atoms with Crippen LogP contribution < -0.4 is 0 Å². The minimum atomic E-state index is -1.40. The fourth-order valence-corrected chi connectivity index (χ4v) is 5.64. The van der Waals surface area contributed by atoms with Crippen LogP contribution >= 0.6 is 0 Å². The number of rotatable bonds is 4. The summed E-state index contributed by atoms with van der Waals surface area (Å²) >= 11 is 0. The first-order valence-corrected chi connectivity index (χ1v) is 9.31. The zero-order chi connectivity index (χ0) is 17.5. The molecule has 5 nitrogen and oxygen atoms in total. The van der Waals surface area contributed by atoms with Crippen molar-refractivity contribution in [3.8, 4) is 0 Å². The van der Waals surface area contributed by atoms with Gasteiger partial charge in [0.25, 0.3) is 0 Å². The molecule has 5 N–H and O–H groups in total. The highest BCUT2D eigenvalue weighted by Gasteiger charge is 2.52. The van der Waals surface area contributed by atoms with Gasteiger partial charge in [0.1, 0.15) is 5.60 Å². The van der Waals surface area contributed by atoms with Crippen LogP contribution in [0.15, 0.2) is 11.6 Å². The molecule has 2 saturated carbocycles. The maximum Gasteiger partial charge on any atom is 0.114 e. The van der Waals surface area contributed by atoms with E-state index in [1.165, 1.54) is 5.57 Å². The van der Waals surface area contributed by atoms with Crippen LogP contribution in [0.3, 0.4) is 0 Å². The molecule has 0 heterocycles. The molecule has 2 fully saturated rings. The summed E-state index contributed by atoms with van der Waals surface area (Å²) in [6, 6.07) is 0. The molecule has 24 heavy (non-hydrogen) atoms. The third-order valence-electron chi connectivity index (χ3n) is 7.48. The first kappa shape index (κ1) is 18.3. The van der Waals surface area contributed by atoms with E-state index in [4.69, 9.17) is 0 Å². The Morgan fingerprint density at radius 3 is 2.46 bits per heavy atom. The summed E-state index contributed by atoms with van der Waals surface area (Å²) in [5.74, 6) is 1.11. The van der Waals surface area contributed by atoms with Gasteiger partial charge < -0.3 is 25.5 Å². The van der Waals surface area contributed by atoms with E-state index in [-0.39, 0.29) is 12.5 Å². The molecule has 5 heteroatoms. The molecule has 0 aromatic carbocycles. The molecule has 0 aliphatic heterocycles. The molecule has 0 aromatic heterocycles. The molecule has 0 bridgehead atoms. The zero-order valence-electron chi connectivity index (χ0n) is 14.6. The van der Waals surface area contributed by atoms with Crippen LogP contribution in [0.4, 0.5) is 0 Å². The third-order valence-corrected chi connectivity index (χ3v) is 7.48. The summed E-state index contributed by atoms with van der Waals surface area (Å²) < 4.78 is 0. The van der Waals surface area contributed by atoms with Gasteiger partial charge in [0.15, 0.2) is 0 Å². The molecule has 0 amide bonds. The lowest BCUT2D eigenvalue weighted by Gasteiger charge is -2.54. The minimum Gasteiger partial charge on any atom is -0.396 e. The van der Waals surface area contributed by atoms with E-state index in [9.17, 15) is 25.5 Å². The maximum atomic E-state index is 10.4. The van der Waals surface area contributed by atoms with Crippen molar-refractivity contribution in [3.63, 3.8) is 0 Å². The topological polar surface area (TPSA) is 101 Å². The molecule has 0 saturated heterocycles. The highest BCUT2D eigenvalue weighted by Crippen LogP contribution is 2.56. The predicted octanol–water partition coefficient (Wildman–Crippen LogP) is 0.834. The minimum absolute atomic E-state index is 0.0165. The summed E-state index contributed by atoms with van der Waals surface area (Å²) in [7, 11) is 0. The van der Waals surface area contributed by atoms with Gasteiger partial charge in [-0.2, -0.15) is 0 Å². The quantitative estimate of drug-likeness (QED) is 0.488. The Morgan fingerprint density at radius 2 is 1.83 bits per heavy atom. The predicted molar refractivity (Wildman–Crippen MR) is 90.1 cm³/mol. The fraction of sp³-hybridized carbons (Fsp3) is 0.895. The molecule has 3 rings (SSSR count). The summed E-state index contributed by atoms with van der Waals surface area (Å²) in [5, 5.41) is 49.7. The average Bonchev–Trinajstić information content (AvgIpc) is 2.63. The van der Waals surface area contributed by atoms with Crippen LogP contribution in [0, 0.1) is 29.1 Å². The van der Waals surface area contributed by atoms with E-state index < -0.39 is 30.3 Å². The molecule has 3 aliphatic carbocycles. The van der Waals surface area contributed by atoms with E-state index in [1.807, 2.05) is 6.92 Å². The second-order valence-corrected chi connectivity index (χ2v) is 8.55. The summed E-state index contributed by atoms with van der Waals surface area (Å²) in [5.41, 5.74) is -0.492. The summed E-state index contributed by atoms with van der Waals surface area (Å²) in [6.07, 6.45) is 6.83. The SMILES string of the molecule is CC1(CO)C(O)CCC2C3CCC(C(O)(CO)CO)CC3=CCC21. The van der Waals surface area contributed by atoms with Crippen LogP contribution in [0.25, 0.3) is 0 Å². The first-order valence-electron chi connectivity index (χ1n) is 9.31. The van der Waals surface area contributed by atoms with E-state index in [1.54, 1.807) is 0 Å². The molecule has 6 unspecified atom stereocenters. The average molecular weight is 340 g/mol. The van der Waals surface area contributed by atoms with Crippen molar-refractivity contribution in [2.45, 2.75) is 57.2 Å². The van der Waals surface area contributed by atoms with Crippen molar-refractivity contribution in [2.75, 3.05) is 19.8 Å². The van der Waals surface area contributed by atoms with E-state index in [2.05, 4.69) is 6.08 Å². The van der Waals surface area contributed by atoms with Crippen molar-refractivity contribution < 1.29 is 25.5 Å². The Balaban J connectivity index is 1.81. The molecule has 0 aromatic rings. The maximum absolute atomic E-state index is 10.4. The Kier molecular flexibility index (Phi) is 5.11. The highest BCUT2D eigenvalue weighted by molar-refractivity contribution is 5.20. The summed E-state index contributed by atoms with van der Waals surface area (Å²) in [4.78, 5) is 0. The normalized spacial score (nSPS) is 42.9. The molecule has 138 valence electrons. The molecule has 3 aliphatic rings. The van der Waals surface area contributed by atoms with Crippen LogP contribution in [0.2, 0.25) is 0 Å². The zero-order valence-corrected chi connectivity index (χ0v) is 14.6. The van der Waals surface area contributed by atoms with Gasteiger partial charge >= 0.3 is 0 Å². The van der Waals surface area contributed by atoms with Crippen LogP contribution in [0.1, 0.15) is 45.4 Å². The number of hydrogen-bond donors (Lipinski definition) is 5. The van der Waals surface area contributed by atoms with E-state index in [0.29, 0.717) is 17.8 Å². The molecule has 0 spiro atoms. The number of aliphatic hydroxyl groups is 5. The Hall–Kier alpha value is -0.460. The van der Waals surface area contributed by atoms with Gasteiger partial charge in [0, 0.05) is 5.41 Å². The van der Waals surface area contributed by atoms with Crippen molar-refractivity contribution in [1.82, 2.24) is 0 Å². The number of hydrogen-bond acceptors (Lipinski definition) is 5. The van der Waals surface area contributed by atoms with Gasteiger partial charge in [-0.1, -0.05) is 18.6 Å². The van der Waals surface area contributed by atoms with Gasteiger partial charge in [-0.05, 0) is 62.2 Å². The molecule has 0 radical (unpaired) electrons. The standard InChI is InChI=1S/C19H32O5/c1-18(9-20)16-6-2-12-8-13(19(24,10-21)11-22)3-4-14(12)15(16)5-7-17(18)23/h2,13-17,20-24H,3-11H2,1H3. The number of fused-ring (bicyclic) bond motifs is 3. The van der Waals surface area contributed by atoms with Gasteiger partial charge in [-0.25, -0.2) is 0 Å².